The van der Waals surface area contributed by atoms with Gasteiger partial charge in [-0.15, -0.1) is 0 Å². The molecule has 1 heterocycles. The standard InChI is InChI=1S/C10H15NO/c11-8-10(4-1-2-5-10)9-3-6-12-7-9/h3,6-7H,1-2,4-5,8,11H2. The molecule has 1 aliphatic carbocycles. The zero-order valence-electron chi connectivity index (χ0n) is 7.25. The van der Waals surface area contributed by atoms with Gasteiger partial charge in [0.15, 0.2) is 0 Å². The Labute approximate surface area is 72.7 Å². The van der Waals surface area contributed by atoms with Crippen molar-refractivity contribution < 1.29 is 4.42 Å². The maximum atomic E-state index is 5.82. The van der Waals surface area contributed by atoms with Crippen LogP contribution in [0.15, 0.2) is 23.0 Å². The van der Waals surface area contributed by atoms with Gasteiger partial charge >= 0.3 is 0 Å². The highest BCUT2D eigenvalue weighted by atomic mass is 16.3. The van der Waals surface area contributed by atoms with E-state index in [1.807, 2.05) is 6.26 Å². The molecular formula is C10H15NO. The molecule has 1 fully saturated rings. The third-order valence-corrected chi connectivity index (χ3v) is 3.08. The van der Waals surface area contributed by atoms with Gasteiger partial charge in [-0.1, -0.05) is 12.8 Å². The van der Waals surface area contributed by atoms with Gasteiger partial charge in [-0.3, -0.25) is 0 Å². The highest BCUT2D eigenvalue weighted by Crippen LogP contribution is 2.40. The van der Waals surface area contributed by atoms with Gasteiger partial charge in [0.25, 0.3) is 0 Å². The molecule has 0 amide bonds. The molecule has 12 heavy (non-hydrogen) atoms. The van der Waals surface area contributed by atoms with Crippen LogP contribution in [0.3, 0.4) is 0 Å². The van der Waals surface area contributed by atoms with Crippen molar-refractivity contribution in [3.63, 3.8) is 0 Å². The van der Waals surface area contributed by atoms with E-state index in [2.05, 4.69) is 6.07 Å². The fraction of sp³-hybridized carbons (Fsp3) is 0.600. The molecule has 2 rings (SSSR count). The minimum absolute atomic E-state index is 0.243. The molecule has 2 heteroatoms. The van der Waals surface area contributed by atoms with Crippen molar-refractivity contribution in [2.75, 3.05) is 6.54 Å². The topological polar surface area (TPSA) is 39.2 Å². The van der Waals surface area contributed by atoms with Crippen LogP contribution in [0.25, 0.3) is 0 Å². The van der Waals surface area contributed by atoms with Gasteiger partial charge in [0, 0.05) is 12.0 Å². The third kappa shape index (κ3) is 1.07. The molecule has 66 valence electrons. The third-order valence-electron chi connectivity index (χ3n) is 3.08. The largest absolute Gasteiger partial charge is 0.472 e. The van der Waals surface area contributed by atoms with Gasteiger partial charge in [0.05, 0.1) is 12.5 Å². The summed E-state index contributed by atoms with van der Waals surface area (Å²) < 4.78 is 5.10. The summed E-state index contributed by atoms with van der Waals surface area (Å²) in [6.45, 7) is 0.756. The summed E-state index contributed by atoms with van der Waals surface area (Å²) in [5.41, 5.74) is 7.36. The van der Waals surface area contributed by atoms with Crippen molar-refractivity contribution in [1.82, 2.24) is 0 Å². The first-order valence-corrected chi connectivity index (χ1v) is 4.60. The van der Waals surface area contributed by atoms with Crippen molar-refractivity contribution in [3.05, 3.63) is 24.2 Å². The predicted octanol–water partition coefficient (Wildman–Crippen LogP) is 2.05. The first kappa shape index (κ1) is 7.87. The van der Waals surface area contributed by atoms with E-state index in [1.165, 1.54) is 31.2 Å². The van der Waals surface area contributed by atoms with E-state index in [4.69, 9.17) is 10.2 Å². The van der Waals surface area contributed by atoms with Crippen LogP contribution in [-0.4, -0.2) is 6.54 Å². The summed E-state index contributed by atoms with van der Waals surface area (Å²) in [5, 5.41) is 0. The molecule has 2 N–H and O–H groups in total. The number of rotatable bonds is 2. The number of hydrogen-bond acceptors (Lipinski definition) is 2. The van der Waals surface area contributed by atoms with Crippen molar-refractivity contribution in [2.45, 2.75) is 31.1 Å². The fourth-order valence-electron chi connectivity index (χ4n) is 2.23. The van der Waals surface area contributed by atoms with Crippen molar-refractivity contribution >= 4 is 0 Å². The summed E-state index contributed by atoms with van der Waals surface area (Å²) in [6.07, 6.45) is 8.65. The Kier molecular flexibility index (Phi) is 1.93. The lowest BCUT2D eigenvalue weighted by Gasteiger charge is -2.25. The van der Waals surface area contributed by atoms with E-state index in [1.54, 1.807) is 6.26 Å². The Morgan fingerprint density at radius 1 is 1.42 bits per heavy atom. The van der Waals surface area contributed by atoms with Gasteiger partial charge in [-0.25, -0.2) is 0 Å². The maximum absolute atomic E-state index is 5.82. The smallest absolute Gasteiger partial charge is 0.0940 e. The molecular weight excluding hydrogens is 150 g/mol. The van der Waals surface area contributed by atoms with Crippen LogP contribution < -0.4 is 5.73 Å². The van der Waals surface area contributed by atoms with Crippen LogP contribution in [0.5, 0.6) is 0 Å². The average Bonchev–Trinajstić information content (AvgIpc) is 2.76. The quantitative estimate of drug-likeness (QED) is 0.728. The van der Waals surface area contributed by atoms with E-state index < -0.39 is 0 Å². The zero-order valence-corrected chi connectivity index (χ0v) is 7.25. The molecule has 0 aromatic carbocycles. The molecule has 0 aliphatic heterocycles. The normalized spacial score (nSPS) is 21.4. The van der Waals surface area contributed by atoms with Crippen molar-refractivity contribution in [2.24, 2.45) is 5.73 Å². The monoisotopic (exact) mass is 165 g/mol. The highest BCUT2D eigenvalue weighted by Gasteiger charge is 2.34. The summed E-state index contributed by atoms with van der Waals surface area (Å²) in [4.78, 5) is 0. The first-order chi connectivity index (χ1) is 5.87. The lowest BCUT2D eigenvalue weighted by Crippen LogP contribution is -2.31. The molecule has 1 saturated carbocycles. The van der Waals surface area contributed by atoms with Gasteiger partial charge in [0.1, 0.15) is 0 Å². The Bertz CT molecular complexity index is 234. The zero-order chi connectivity index (χ0) is 8.44. The van der Waals surface area contributed by atoms with Crippen molar-refractivity contribution in [1.29, 1.82) is 0 Å². The second-order valence-electron chi connectivity index (χ2n) is 3.70. The van der Waals surface area contributed by atoms with Gasteiger partial charge in [-0.2, -0.15) is 0 Å². The minimum Gasteiger partial charge on any atom is -0.472 e. The second-order valence-corrected chi connectivity index (χ2v) is 3.70. The summed E-state index contributed by atoms with van der Waals surface area (Å²) in [5.74, 6) is 0. The Hall–Kier alpha value is -0.760. The summed E-state index contributed by atoms with van der Waals surface area (Å²) >= 11 is 0. The van der Waals surface area contributed by atoms with E-state index in [-0.39, 0.29) is 5.41 Å². The van der Waals surface area contributed by atoms with E-state index in [0.29, 0.717) is 0 Å². The molecule has 0 atom stereocenters. The van der Waals surface area contributed by atoms with Crippen LogP contribution in [0, 0.1) is 0 Å². The van der Waals surface area contributed by atoms with Crippen LogP contribution in [-0.2, 0) is 5.41 Å². The molecule has 1 aromatic heterocycles. The predicted molar refractivity (Wildman–Crippen MR) is 47.9 cm³/mol. The van der Waals surface area contributed by atoms with E-state index >= 15 is 0 Å². The molecule has 1 aromatic rings. The minimum atomic E-state index is 0.243. The lowest BCUT2D eigenvalue weighted by molar-refractivity contribution is 0.444. The average molecular weight is 165 g/mol. The summed E-state index contributed by atoms with van der Waals surface area (Å²) in [7, 11) is 0. The lowest BCUT2D eigenvalue weighted by atomic mass is 9.80. The molecule has 2 nitrogen and oxygen atoms in total. The van der Waals surface area contributed by atoms with Crippen LogP contribution >= 0.6 is 0 Å². The Morgan fingerprint density at radius 3 is 2.67 bits per heavy atom. The van der Waals surface area contributed by atoms with Gasteiger partial charge < -0.3 is 10.2 Å². The van der Waals surface area contributed by atoms with Crippen LogP contribution in [0.2, 0.25) is 0 Å². The second kappa shape index (κ2) is 2.94. The van der Waals surface area contributed by atoms with Crippen LogP contribution in [0.1, 0.15) is 31.2 Å². The molecule has 0 unspecified atom stereocenters. The molecule has 0 saturated heterocycles. The number of nitrogens with two attached hydrogens (primary N) is 1. The van der Waals surface area contributed by atoms with Gasteiger partial charge in [-0.05, 0) is 24.5 Å². The molecule has 1 aliphatic rings. The molecule has 0 spiro atoms. The fourth-order valence-corrected chi connectivity index (χ4v) is 2.23. The number of furan rings is 1. The first-order valence-electron chi connectivity index (χ1n) is 4.60. The van der Waals surface area contributed by atoms with Crippen molar-refractivity contribution in [3.8, 4) is 0 Å². The maximum Gasteiger partial charge on any atom is 0.0940 e. The SMILES string of the molecule is NCC1(c2ccoc2)CCCC1. The Morgan fingerprint density at radius 2 is 2.17 bits per heavy atom. The number of hydrogen-bond donors (Lipinski definition) is 1. The van der Waals surface area contributed by atoms with E-state index in [9.17, 15) is 0 Å². The highest BCUT2D eigenvalue weighted by molar-refractivity contribution is 5.22. The van der Waals surface area contributed by atoms with E-state index in [0.717, 1.165) is 6.54 Å². The Balaban J connectivity index is 2.28. The summed E-state index contributed by atoms with van der Waals surface area (Å²) in [6, 6.07) is 2.05. The molecule has 0 bridgehead atoms. The molecule has 0 radical (unpaired) electrons. The van der Waals surface area contributed by atoms with Gasteiger partial charge in [0.2, 0.25) is 0 Å². The van der Waals surface area contributed by atoms with Crippen LogP contribution in [0.4, 0.5) is 0 Å².